The lowest BCUT2D eigenvalue weighted by atomic mass is 10.1. The fraction of sp³-hybridized carbons (Fsp3) is 0.118. The summed E-state index contributed by atoms with van der Waals surface area (Å²) in [6.45, 7) is 0.845. The number of aryl methyl sites for hydroxylation is 1. The maximum Gasteiger partial charge on any atom is 0.112 e. The molecule has 0 N–H and O–H groups in total. The Bertz CT molecular complexity index is 723. The molecular formula is C17H14ClIN2. The van der Waals surface area contributed by atoms with Crippen LogP contribution in [-0.2, 0) is 6.54 Å². The van der Waals surface area contributed by atoms with E-state index in [-0.39, 0.29) is 0 Å². The Hall–Kier alpha value is -1.33. The van der Waals surface area contributed by atoms with Gasteiger partial charge in [0.15, 0.2) is 0 Å². The number of aromatic nitrogens is 2. The minimum absolute atomic E-state index is 0.720. The first-order chi connectivity index (χ1) is 10.3. The lowest BCUT2D eigenvalue weighted by molar-refractivity contribution is 0.682. The van der Waals surface area contributed by atoms with Gasteiger partial charge in [-0.15, -0.1) is 0 Å². The Morgan fingerprint density at radius 3 is 2.05 bits per heavy atom. The number of hydrogen-bond donors (Lipinski definition) is 0. The molecule has 0 spiro atoms. The van der Waals surface area contributed by atoms with Crippen LogP contribution in [0.3, 0.4) is 0 Å². The van der Waals surface area contributed by atoms with Gasteiger partial charge >= 0.3 is 0 Å². The Kier molecular flexibility index (Phi) is 4.60. The average Bonchev–Trinajstić information content (AvgIpc) is 2.86. The SMILES string of the molecule is Clc1c(-c2ccccc2)nn(CCI)c1-c1ccccc1. The van der Waals surface area contributed by atoms with Crippen molar-refractivity contribution in [2.24, 2.45) is 0 Å². The van der Waals surface area contributed by atoms with Gasteiger partial charge in [-0.1, -0.05) is 94.9 Å². The van der Waals surface area contributed by atoms with E-state index in [0.29, 0.717) is 0 Å². The van der Waals surface area contributed by atoms with Gasteiger partial charge in [-0.25, -0.2) is 0 Å². The van der Waals surface area contributed by atoms with E-state index in [4.69, 9.17) is 16.7 Å². The van der Waals surface area contributed by atoms with Gasteiger partial charge in [0.1, 0.15) is 5.69 Å². The minimum atomic E-state index is 0.720. The van der Waals surface area contributed by atoms with Gasteiger partial charge in [0.2, 0.25) is 0 Å². The summed E-state index contributed by atoms with van der Waals surface area (Å²) in [6, 6.07) is 20.3. The number of benzene rings is 2. The van der Waals surface area contributed by atoms with Crippen molar-refractivity contribution in [2.45, 2.75) is 6.54 Å². The summed E-state index contributed by atoms with van der Waals surface area (Å²) in [6.07, 6.45) is 0. The molecule has 2 aromatic carbocycles. The van der Waals surface area contributed by atoms with Gasteiger partial charge in [0, 0.05) is 15.6 Å². The van der Waals surface area contributed by atoms with E-state index in [9.17, 15) is 0 Å². The fourth-order valence-electron chi connectivity index (χ4n) is 2.33. The summed E-state index contributed by atoms with van der Waals surface area (Å²) in [7, 11) is 0. The molecule has 0 radical (unpaired) electrons. The summed E-state index contributed by atoms with van der Waals surface area (Å²) in [5.41, 5.74) is 3.99. The number of alkyl halides is 1. The molecule has 0 aliphatic carbocycles. The second-order valence-corrected chi connectivity index (χ2v) is 6.11. The molecule has 1 heterocycles. The quantitative estimate of drug-likeness (QED) is 0.423. The van der Waals surface area contributed by atoms with Gasteiger partial charge in [0.25, 0.3) is 0 Å². The highest BCUT2D eigenvalue weighted by atomic mass is 127. The largest absolute Gasteiger partial charge is 0.262 e. The van der Waals surface area contributed by atoms with E-state index < -0.39 is 0 Å². The van der Waals surface area contributed by atoms with Crippen LogP contribution in [-0.4, -0.2) is 14.2 Å². The molecule has 1 aromatic heterocycles. The van der Waals surface area contributed by atoms with Crippen molar-refractivity contribution in [3.8, 4) is 22.5 Å². The summed E-state index contributed by atoms with van der Waals surface area (Å²) < 4.78 is 3.00. The van der Waals surface area contributed by atoms with Gasteiger partial charge in [-0.3, -0.25) is 4.68 Å². The normalized spacial score (nSPS) is 10.8. The summed E-state index contributed by atoms with van der Waals surface area (Å²) >= 11 is 9.01. The van der Waals surface area contributed by atoms with E-state index in [1.165, 1.54) is 0 Å². The van der Waals surface area contributed by atoms with Gasteiger partial charge in [0.05, 0.1) is 17.3 Å². The monoisotopic (exact) mass is 408 g/mol. The third-order valence-corrected chi connectivity index (χ3v) is 4.13. The van der Waals surface area contributed by atoms with E-state index in [0.717, 1.165) is 38.5 Å². The maximum atomic E-state index is 6.65. The molecule has 0 bridgehead atoms. The average molecular weight is 409 g/mol. The van der Waals surface area contributed by atoms with Gasteiger partial charge < -0.3 is 0 Å². The summed E-state index contributed by atoms with van der Waals surface area (Å²) in [5.74, 6) is 0. The Morgan fingerprint density at radius 1 is 0.905 bits per heavy atom. The van der Waals surface area contributed by atoms with Crippen molar-refractivity contribution < 1.29 is 0 Å². The second-order valence-electron chi connectivity index (χ2n) is 4.66. The van der Waals surface area contributed by atoms with E-state index >= 15 is 0 Å². The van der Waals surface area contributed by atoms with E-state index in [1.807, 2.05) is 53.2 Å². The molecule has 4 heteroatoms. The highest BCUT2D eigenvalue weighted by molar-refractivity contribution is 14.1. The third kappa shape index (κ3) is 2.99. The first kappa shape index (κ1) is 14.6. The number of halogens is 2. The molecule has 21 heavy (non-hydrogen) atoms. The van der Waals surface area contributed by atoms with Gasteiger partial charge in [-0.2, -0.15) is 5.10 Å². The first-order valence-electron chi connectivity index (χ1n) is 6.74. The molecule has 0 fully saturated rings. The molecule has 106 valence electrons. The molecular weight excluding hydrogens is 395 g/mol. The Balaban J connectivity index is 2.17. The molecule has 0 aliphatic heterocycles. The van der Waals surface area contributed by atoms with Crippen LogP contribution < -0.4 is 0 Å². The molecule has 0 amide bonds. The van der Waals surface area contributed by atoms with Crippen molar-refractivity contribution >= 4 is 34.2 Å². The molecule has 3 aromatic rings. The van der Waals surface area contributed by atoms with Crippen molar-refractivity contribution in [2.75, 3.05) is 4.43 Å². The molecule has 0 unspecified atom stereocenters. The highest BCUT2D eigenvalue weighted by Crippen LogP contribution is 2.36. The predicted molar refractivity (Wildman–Crippen MR) is 97.0 cm³/mol. The fourth-order valence-corrected chi connectivity index (χ4v) is 3.14. The minimum Gasteiger partial charge on any atom is -0.262 e. The van der Waals surface area contributed by atoms with Crippen molar-refractivity contribution in [1.29, 1.82) is 0 Å². The van der Waals surface area contributed by atoms with Gasteiger partial charge in [-0.05, 0) is 0 Å². The lowest BCUT2D eigenvalue weighted by Gasteiger charge is -2.05. The molecule has 2 nitrogen and oxygen atoms in total. The number of hydrogen-bond acceptors (Lipinski definition) is 1. The lowest BCUT2D eigenvalue weighted by Crippen LogP contribution is -2.03. The van der Waals surface area contributed by atoms with Crippen LogP contribution in [0, 0.1) is 0 Å². The van der Waals surface area contributed by atoms with Crippen LogP contribution in [0.5, 0.6) is 0 Å². The zero-order chi connectivity index (χ0) is 14.7. The number of rotatable bonds is 4. The van der Waals surface area contributed by atoms with Crippen molar-refractivity contribution in [1.82, 2.24) is 9.78 Å². The highest BCUT2D eigenvalue weighted by Gasteiger charge is 2.18. The zero-order valence-corrected chi connectivity index (χ0v) is 14.3. The molecule has 0 atom stereocenters. The Labute approximate surface area is 142 Å². The van der Waals surface area contributed by atoms with Crippen LogP contribution >= 0.6 is 34.2 Å². The standard InChI is InChI=1S/C17H14ClIN2/c18-15-16(13-7-3-1-4-8-13)20-21(12-11-19)17(15)14-9-5-2-6-10-14/h1-10H,11-12H2. The van der Waals surface area contributed by atoms with E-state index in [2.05, 4.69) is 34.7 Å². The van der Waals surface area contributed by atoms with Crippen LogP contribution in [0.4, 0.5) is 0 Å². The topological polar surface area (TPSA) is 17.8 Å². The van der Waals surface area contributed by atoms with Crippen LogP contribution in [0.2, 0.25) is 5.02 Å². The Morgan fingerprint density at radius 2 is 1.48 bits per heavy atom. The van der Waals surface area contributed by atoms with E-state index in [1.54, 1.807) is 0 Å². The third-order valence-electron chi connectivity index (χ3n) is 3.29. The smallest absolute Gasteiger partial charge is 0.112 e. The van der Waals surface area contributed by atoms with Crippen LogP contribution in [0.25, 0.3) is 22.5 Å². The summed E-state index contributed by atoms with van der Waals surface area (Å²) in [4.78, 5) is 0. The molecule has 0 saturated heterocycles. The van der Waals surface area contributed by atoms with Crippen LogP contribution in [0.1, 0.15) is 0 Å². The molecule has 0 saturated carbocycles. The zero-order valence-electron chi connectivity index (χ0n) is 11.3. The van der Waals surface area contributed by atoms with Crippen molar-refractivity contribution in [3.05, 3.63) is 65.7 Å². The maximum absolute atomic E-state index is 6.65. The molecule has 3 rings (SSSR count). The predicted octanol–water partition coefficient (Wildman–Crippen LogP) is 5.31. The van der Waals surface area contributed by atoms with Crippen LogP contribution in [0.15, 0.2) is 60.7 Å². The first-order valence-corrected chi connectivity index (χ1v) is 8.64. The summed E-state index contributed by atoms with van der Waals surface area (Å²) in [5, 5.41) is 5.45. The number of nitrogens with zero attached hydrogens (tertiary/aromatic N) is 2. The second kappa shape index (κ2) is 6.62. The molecule has 0 aliphatic rings. The van der Waals surface area contributed by atoms with Crippen molar-refractivity contribution in [3.63, 3.8) is 0 Å².